The van der Waals surface area contributed by atoms with Crippen LogP contribution in [0.5, 0.6) is 5.75 Å². The molecule has 5 saturated carbocycles. The summed E-state index contributed by atoms with van der Waals surface area (Å²) < 4.78 is 21.5. The van der Waals surface area contributed by atoms with Crippen molar-refractivity contribution < 1.29 is 18.7 Å². The van der Waals surface area contributed by atoms with Gasteiger partial charge in [0.2, 0.25) is 0 Å². The second-order valence-electron chi connectivity index (χ2n) is 11.4. The molecule has 4 bridgehead atoms. The summed E-state index contributed by atoms with van der Waals surface area (Å²) in [4.78, 5) is 26.3. The number of ketones is 1. The molecule has 0 aromatic heterocycles. The standard InChI is InChI=1S/C26H32FNO3/c1-15-4-20(29)13-28(15)25(30)22-8-21(19-2-3-19)24(9-23(22)27)31-14-26-10-16-5-17(11-26)7-18(6-16)12-26/h8-9,15-19H,2-7,10-14H2,1H3/t15-,16?,17?,18?,26?/m1/s1. The Morgan fingerprint density at radius 2 is 1.77 bits per heavy atom. The van der Waals surface area contributed by atoms with E-state index in [0.29, 0.717) is 24.7 Å². The van der Waals surface area contributed by atoms with Crippen LogP contribution >= 0.6 is 0 Å². The molecule has 0 spiro atoms. The van der Waals surface area contributed by atoms with Crippen LogP contribution in [0.3, 0.4) is 0 Å². The van der Waals surface area contributed by atoms with Crippen molar-refractivity contribution >= 4 is 11.7 Å². The molecule has 0 N–H and O–H groups in total. The van der Waals surface area contributed by atoms with Gasteiger partial charge in [-0.3, -0.25) is 9.59 Å². The van der Waals surface area contributed by atoms with Crippen molar-refractivity contribution in [2.45, 2.75) is 76.7 Å². The molecule has 1 amide bonds. The van der Waals surface area contributed by atoms with Gasteiger partial charge in [0.1, 0.15) is 11.6 Å². The third kappa shape index (κ3) is 3.48. The molecule has 1 saturated heterocycles. The fraction of sp³-hybridized carbons (Fsp3) is 0.692. The lowest BCUT2D eigenvalue weighted by Gasteiger charge is -2.56. The lowest BCUT2D eigenvalue weighted by atomic mass is 9.50. The Balaban J connectivity index is 1.24. The molecule has 166 valence electrons. The van der Waals surface area contributed by atoms with Gasteiger partial charge < -0.3 is 9.64 Å². The van der Waals surface area contributed by atoms with Gasteiger partial charge in [0.15, 0.2) is 5.78 Å². The molecule has 31 heavy (non-hydrogen) atoms. The number of amides is 1. The van der Waals surface area contributed by atoms with Crippen molar-refractivity contribution in [3.63, 3.8) is 0 Å². The number of rotatable bonds is 5. The molecular formula is C26H32FNO3. The Morgan fingerprint density at radius 1 is 1.13 bits per heavy atom. The van der Waals surface area contributed by atoms with Gasteiger partial charge in [-0.15, -0.1) is 0 Å². The summed E-state index contributed by atoms with van der Waals surface area (Å²) in [6, 6.07) is 3.00. The van der Waals surface area contributed by atoms with Crippen LogP contribution in [0.2, 0.25) is 0 Å². The molecule has 0 radical (unpaired) electrons. The number of ether oxygens (including phenoxy) is 1. The highest BCUT2D eigenvalue weighted by Crippen LogP contribution is 2.60. The van der Waals surface area contributed by atoms with E-state index < -0.39 is 5.82 Å². The highest BCUT2D eigenvalue weighted by atomic mass is 19.1. The van der Waals surface area contributed by atoms with Crippen LogP contribution in [-0.4, -0.2) is 35.8 Å². The summed E-state index contributed by atoms with van der Waals surface area (Å²) in [7, 11) is 0. The topological polar surface area (TPSA) is 46.6 Å². The first-order valence-corrected chi connectivity index (χ1v) is 12.2. The van der Waals surface area contributed by atoms with E-state index in [1.165, 1.54) is 49.5 Å². The van der Waals surface area contributed by atoms with Crippen LogP contribution in [0.4, 0.5) is 4.39 Å². The van der Waals surface area contributed by atoms with Crippen LogP contribution in [0, 0.1) is 29.0 Å². The minimum atomic E-state index is -0.526. The second kappa shape index (κ2) is 7.05. The van der Waals surface area contributed by atoms with E-state index in [1.54, 1.807) is 6.07 Å². The molecule has 5 aliphatic carbocycles. The smallest absolute Gasteiger partial charge is 0.257 e. The fourth-order valence-electron chi connectivity index (χ4n) is 7.55. The van der Waals surface area contributed by atoms with Crippen molar-refractivity contribution in [1.29, 1.82) is 0 Å². The first kappa shape index (κ1) is 19.8. The summed E-state index contributed by atoms with van der Waals surface area (Å²) in [5.74, 6) is 2.72. The maximum Gasteiger partial charge on any atom is 0.257 e. The van der Waals surface area contributed by atoms with E-state index in [1.807, 2.05) is 6.92 Å². The zero-order valence-electron chi connectivity index (χ0n) is 18.4. The number of Topliss-reactive ketones (excluding diaryl/α,β-unsaturated/α-hetero) is 1. The van der Waals surface area contributed by atoms with Gasteiger partial charge in [0.25, 0.3) is 5.91 Å². The van der Waals surface area contributed by atoms with Crippen molar-refractivity contribution in [2.75, 3.05) is 13.2 Å². The lowest BCUT2D eigenvalue weighted by Crippen LogP contribution is -2.48. The van der Waals surface area contributed by atoms with Crippen LogP contribution in [0.1, 0.15) is 86.6 Å². The number of hydrogen-bond acceptors (Lipinski definition) is 3. The average Bonchev–Trinajstić information content (AvgIpc) is 3.48. The number of carbonyl (C=O) groups is 2. The van der Waals surface area contributed by atoms with Gasteiger partial charge in [-0.1, -0.05) is 0 Å². The minimum absolute atomic E-state index is 0.0409. The van der Waals surface area contributed by atoms with Crippen LogP contribution < -0.4 is 4.74 Å². The zero-order valence-corrected chi connectivity index (χ0v) is 18.4. The Hall–Kier alpha value is -1.91. The van der Waals surface area contributed by atoms with Crippen molar-refractivity contribution in [3.05, 3.63) is 29.1 Å². The lowest BCUT2D eigenvalue weighted by molar-refractivity contribution is -0.116. The first-order chi connectivity index (χ1) is 14.9. The van der Waals surface area contributed by atoms with Gasteiger partial charge in [-0.05, 0) is 93.6 Å². The number of likely N-dealkylation sites (tertiary alicyclic amines) is 1. The summed E-state index contributed by atoms with van der Waals surface area (Å²) in [5.41, 5.74) is 1.34. The first-order valence-electron chi connectivity index (χ1n) is 12.2. The summed E-state index contributed by atoms with van der Waals surface area (Å²) in [6.45, 7) is 2.62. The molecule has 5 heteroatoms. The highest BCUT2D eigenvalue weighted by molar-refractivity contribution is 5.99. The molecule has 6 aliphatic rings. The maximum atomic E-state index is 15.1. The van der Waals surface area contributed by atoms with E-state index in [4.69, 9.17) is 4.74 Å². The number of nitrogens with zero attached hydrogens (tertiary/aromatic N) is 1. The Labute approximate surface area is 183 Å². The van der Waals surface area contributed by atoms with Gasteiger partial charge in [0.05, 0.1) is 18.7 Å². The number of halogens is 1. The van der Waals surface area contributed by atoms with Crippen LogP contribution in [0.15, 0.2) is 12.1 Å². The van der Waals surface area contributed by atoms with Gasteiger partial charge in [-0.2, -0.15) is 0 Å². The molecule has 1 aromatic carbocycles. The molecular weight excluding hydrogens is 393 g/mol. The summed E-state index contributed by atoms with van der Waals surface area (Å²) in [5, 5.41) is 0. The molecule has 6 fully saturated rings. The predicted octanol–water partition coefficient (Wildman–Crippen LogP) is 5.10. The quantitative estimate of drug-likeness (QED) is 0.659. The SMILES string of the molecule is C[C@@H]1CC(=O)CN1C(=O)c1cc(C2CC2)c(OCC23CC4CC(CC(C4)C2)C3)cc1F. The average molecular weight is 426 g/mol. The second-order valence-corrected chi connectivity index (χ2v) is 11.4. The van der Waals surface area contributed by atoms with Crippen molar-refractivity contribution in [2.24, 2.45) is 23.2 Å². The highest BCUT2D eigenvalue weighted by Gasteiger charge is 2.51. The molecule has 0 unspecified atom stereocenters. The molecule has 1 atom stereocenters. The molecule has 1 heterocycles. The fourth-order valence-corrected chi connectivity index (χ4v) is 7.55. The van der Waals surface area contributed by atoms with Crippen molar-refractivity contribution in [1.82, 2.24) is 4.90 Å². The maximum absolute atomic E-state index is 15.1. The van der Waals surface area contributed by atoms with Crippen LogP contribution in [0.25, 0.3) is 0 Å². The van der Waals surface area contributed by atoms with Gasteiger partial charge >= 0.3 is 0 Å². The molecule has 7 rings (SSSR count). The predicted molar refractivity (Wildman–Crippen MR) is 115 cm³/mol. The van der Waals surface area contributed by atoms with E-state index in [-0.39, 0.29) is 35.3 Å². The number of hydrogen-bond donors (Lipinski definition) is 0. The van der Waals surface area contributed by atoms with E-state index in [2.05, 4.69) is 0 Å². The molecule has 1 aliphatic heterocycles. The van der Waals surface area contributed by atoms with Crippen molar-refractivity contribution in [3.8, 4) is 5.75 Å². The normalized spacial score (nSPS) is 36.3. The Bertz CT molecular complexity index is 902. The number of carbonyl (C=O) groups excluding carboxylic acids is 2. The van der Waals surface area contributed by atoms with Gasteiger partial charge in [-0.25, -0.2) is 4.39 Å². The number of benzene rings is 1. The van der Waals surface area contributed by atoms with E-state index >= 15 is 4.39 Å². The third-order valence-electron chi connectivity index (χ3n) is 8.71. The minimum Gasteiger partial charge on any atom is -0.493 e. The van der Waals surface area contributed by atoms with E-state index in [0.717, 1.165) is 36.2 Å². The summed E-state index contributed by atoms with van der Waals surface area (Å²) >= 11 is 0. The monoisotopic (exact) mass is 425 g/mol. The largest absolute Gasteiger partial charge is 0.493 e. The zero-order chi connectivity index (χ0) is 21.3. The Kier molecular flexibility index (Phi) is 4.49. The van der Waals surface area contributed by atoms with Crippen LogP contribution in [-0.2, 0) is 4.79 Å². The van der Waals surface area contributed by atoms with E-state index in [9.17, 15) is 9.59 Å². The third-order valence-corrected chi connectivity index (χ3v) is 8.71. The molecule has 1 aromatic rings. The Morgan fingerprint density at radius 3 is 2.32 bits per heavy atom. The van der Waals surface area contributed by atoms with Gasteiger partial charge in [0, 0.05) is 23.9 Å². The summed E-state index contributed by atoms with van der Waals surface area (Å²) in [6.07, 6.45) is 10.5. The molecule has 4 nitrogen and oxygen atoms in total.